The average Bonchev–Trinajstić information content (AvgIpc) is 2.86. The zero-order chi connectivity index (χ0) is 21.6. The van der Waals surface area contributed by atoms with Gasteiger partial charge in [0.25, 0.3) is 0 Å². The SMILES string of the molecule is Cc1c(CC(=O)[O-])c2cccnc2n1Cc1ccc(S(C)(=O)=O)cc1C(F)(F)F.[Na+]. The molecule has 0 bridgehead atoms. The zero-order valence-corrected chi connectivity index (χ0v) is 19.3. The monoisotopic (exact) mass is 448 g/mol. The first-order valence-electron chi connectivity index (χ1n) is 8.42. The molecule has 0 radical (unpaired) electrons. The van der Waals surface area contributed by atoms with Crippen LogP contribution in [-0.2, 0) is 33.8 Å². The van der Waals surface area contributed by atoms with Gasteiger partial charge in [-0.05, 0) is 42.3 Å². The molecule has 2 aromatic heterocycles. The van der Waals surface area contributed by atoms with Crippen molar-refractivity contribution in [2.75, 3.05) is 6.26 Å². The van der Waals surface area contributed by atoms with Crippen molar-refractivity contribution in [2.45, 2.75) is 31.0 Å². The first-order chi connectivity index (χ1) is 13.4. The van der Waals surface area contributed by atoms with Crippen molar-refractivity contribution >= 4 is 26.8 Å². The summed E-state index contributed by atoms with van der Waals surface area (Å²) in [7, 11) is -3.82. The predicted octanol–water partition coefficient (Wildman–Crippen LogP) is -0.888. The molecule has 0 aliphatic rings. The van der Waals surface area contributed by atoms with Crippen molar-refractivity contribution < 1.29 is 61.0 Å². The number of pyridine rings is 1. The Kier molecular flexibility index (Phi) is 7.07. The third kappa shape index (κ3) is 4.88. The van der Waals surface area contributed by atoms with Gasteiger partial charge in [0.05, 0.1) is 10.5 Å². The van der Waals surface area contributed by atoms with Crippen LogP contribution in [0, 0.1) is 6.92 Å². The molecule has 6 nitrogen and oxygen atoms in total. The van der Waals surface area contributed by atoms with E-state index in [1.165, 1.54) is 10.8 Å². The Bertz CT molecular complexity index is 1220. The zero-order valence-electron chi connectivity index (χ0n) is 16.4. The third-order valence-electron chi connectivity index (χ3n) is 4.67. The Morgan fingerprint density at radius 3 is 2.47 bits per heavy atom. The maximum atomic E-state index is 13.6. The fourth-order valence-electron chi connectivity index (χ4n) is 3.28. The van der Waals surface area contributed by atoms with Crippen molar-refractivity contribution in [1.82, 2.24) is 9.55 Å². The van der Waals surface area contributed by atoms with E-state index in [1.807, 2.05) is 0 Å². The van der Waals surface area contributed by atoms with Gasteiger partial charge in [-0.2, -0.15) is 13.2 Å². The number of benzene rings is 1. The van der Waals surface area contributed by atoms with Crippen molar-refractivity contribution in [3.63, 3.8) is 0 Å². The summed E-state index contributed by atoms with van der Waals surface area (Å²) in [5.41, 5.74) is -0.0335. The van der Waals surface area contributed by atoms with Crippen LogP contribution in [0.25, 0.3) is 11.0 Å². The Morgan fingerprint density at radius 1 is 1.23 bits per heavy atom. The minimum Gasteiger partial charge on any atom is -0.550 e. The number of fused-ring (bicyclic) bond motifs is 1. The van der Waals surface area contributed by atoms with Crippen molar-refractivity contribution in [2.24, 2.45) is 0 Å². The van der Waals surface area contributed by atoms with Gasteiger partial charge < -0.3 is 14.5 Å². The first-order valence-corrected chi connectivity index (χ1v) is 10.3. The summed E-state index contributed by atoms with van der Waals surface area (Å²) in [4.78, 5) is 14.9. The molecule has 0 saturated heterocycles. The van der Waals surface area contributed by atoms with E-state index >= 15 is 0 Å². The Hall–Kier alpha value is -1.88. The smallest absolute Gasteiger partial charge is 0.550 e. The van der Waals surface area contributed by atoms with Crippen LogP contribution in [0.1, 0.15) is 22.4 Å². The van der Waals surface area contributed by atoms with E-state index in [0.29, 0.717) is 28.4 Å². The van der Waals surface area contributed by atoms with Gasteiger partial charge in [0, 0.05) is 42.5 Å². The molecular formula is C19H16F3N2NaO4S. The molecule has 0 unspecified atom stereocenters. The maximum Gasteiger partial charge on any atom is 1.00 e. The van der Waals surface area contributed by atoms with Crippen LogP contribution < -0.4 is 34.7 Å². The van der Waals surface area contributed by atoms with E-state index < -0.39 is 38.9 Å². The Balaban J connectivity index is 0.00000320. The van der Waals surface area contributed by atoms with Gasteiger partial charge in [-0.15, -0.1) is 0 Å². The standard InChI is InChI=1S/C19H17F3N2O4S.Na/c1-11-15(9-17(25)26)14-4-3-7-23-18(14)24(11)10-12-5-6-13(29(2,27)28)8-16(12)19(20,21)22;/h3-8H,9-10H2,1-2H3,(H,25,26);/q;+1/p-1. The van der Waals surface area contributed by atoms with E-state index in [2.05, 4.69) is 4.98 Å². The molecule has 11 heteroatoms. The van der Waals surface area contributed by atoms with Gasteiger partial charge in [-0.1, -0.05) is 6.07 Å². The molecule has 0 N–H and O–H groups in total. The Morgan fingerprint density at radius 2 is 1.90 bits per heavy atom. The molecule has 0 atom stereocenters. The van der Waals surface area contributed by atoms with Crippen LogP contribution in [0.15, 0.2) is 41.4 Å². The fourth-order valence-corrected chi connectivity index (χ4v) is 3.93. The van der Waals surface area contributed by atoms with E-state index in [9.17, 15) is 31.5 Å². The van der Waals surface area contributed by atoms with Crippen LogP contribution in [-0.4, -0.2) is 30.2 Å². The number of rotatable bonds is 5. The molecule has 1 aromatic carbocycles. The number of carbonyl (C=O) groups excluding carboxylic acids is 1. The number of halogens is 3. The second-order valence-corrected chi connectivity index (χ2v) is 8.68. The molecule has 0 saturated carbocycles. The molecule has 154 valence electrons. The molecule has 0 spiro atoms. The number of carbonyl (C=O) groups is 1. The number of carboxylic acid groups (broad SMARTS) is 1. The van der Waals surface area contributed by atoms with Crippen molar-refractivity contribution in [3.05, 3.63) is 58.9 Å². The average molecular weight is 448 g/mol. The fraction of sp³-hybridized carbons (Fsp3) is 0.263. The molecule has 0 fully saturated rings. The van der Waals surface area contributed by atoms with Gasteiger partial charge in [-0.3, -0.25) is 0 Å². The van der Waals surface area contributed by atoms with Crippen LogP contribution in [0.2, 0.25) is 0 Å². The Labute approximate surface area is 192 Å². The summed E-state index contributed by atoms with van der Waals surface area (Å²) in [5, 5.41) is 11.6. The van der Waals surface area contributed by atoms with Crippen LogP contribution in [0.5, 0.6) is 0 Å². The van der Waals surface area contributed by atoms with E-state index in [-0.39, 0.29) is 41.7 Å². The number of alkyl halides is 3. The topological polar surface area (TPSA) is 92.1 Å². The van der Waals surface area contributed by atoms with Gasteiger partial charge in [0.15, 0.2) is 9.84 Å². The summed E-state index contributed by atoms with van der Waals surface area (Å²) in [6.07, 6.45) is -2.88. The second-order valence-electron chi connectivity index (χ2n) is 6.66. The molecule has 0 aliphatic carbocycles. The van der Waals surface area contributed by atoms with Gasteiger partial charge in [-0.25, -0.2) is 13.4 Å². The molecule has 30 heavy (non-hydrogen) atoms. The number of sulfone groups is 1. The number of aromatic nitrogens is 2. The minimum absolute atomic E-state index is 0. The van der Waals surface area contributed by atoms with Gasteiger partial charge in [0.2, 0.25) is 0 Å². The number of nitrogens with zero attached hydrogens (tertiary/aromatic N) is 2. The van der Waals surface area contributed by atoms with E-state index in [0.717, 1.165) is 18.4 Å². The third-order valence-corrected chi connectivity index (χ3v) is 5.78. The minimum atomic E-state index is -4.77. The molecule has 2 heterocycles. The summed E-state index contributed by atoms with van der Waals surface area (Å²) in [6, 6.07) is 6.10. The van der Waals surface area contributed by atoms with Crippen molar-refractivity contribution in [1.29, 1.82) is 0 Å². The van der Waals surface area contributed by atoms with Crippen LogP contribution >= 0.6 is 0 Å². The molecule has 0 amide bonds. The van der Waals surface area contributed by atoms with Crippen LogP contribution in [0.3, 0.4) is 0 Å². The molecule has 3 aromatic rings. The second kappa shape index (κ2) is 8.70. The van der Waals surface area contributed by atoms with Crippen molar-refractivity contribution in [3.8, 4) is 0 Å². The quantitative estimate of drug-likeness (QED) is 0.473. The van der Waals surface area contributed by atoms with Gasteiger partial charge in [0.1, 0.15) is 5.65 Å². The molecular weight excluding hydrogens is 432 g/mol. The molecule has 0 aliphatic heterocycles. The largest absolute Gasteiger partial charge is 1.00 e. The number of aliphatic carboxylic acids is 1. The summed E-state index contributed by atoms with van der Waals surface area (Å²) < 4.78 is 65.6. The normalized spacial score (nSPS) is 12.0. The van der Waals surface area contributed by atoms with E-state index in [4.69, 9.17) is 0 Å². The number of hydrogen-bond donors (Lipinski definition) is 0. The summed E-state index contributed by atoms with van der Waals surface area (Å²) in [5.74, 6) is -1.32. The number of hydrogen-bond acceptors (Lipinski definition) is 5. The first kappa shape index (κ1) is 24.4. The summed E-state index contributed by atoms with van der Waals surface area (Å²) in [6.45, 7) is 1.34. The number of carboxylic acids is 1. The van der Waals surface area contributed by atoms with E-state index in [1.54, 1.807) is 19.1 Å². The van der Waals surface area contributed by atoms with Gasteiger partial charge >= 0.3 is 35.7 Å². The van der Waals surface area contributed by atoms with Crippen LogP contribution in [0.4, 0.5) is 13.2 Å². The summed E-state index contributed by atoms with van der Waals surface area (Å²) >= 11 is 0. The maximum absolute atomic E-state index is 13.6. The predicted molar refractivity (Wildman–Crippen MR) is 96.8 cm³/mol. The molecule has 3 rings (SSSR count).